The Bertz CT molecular complexity index is 333. The second kappa shape index (κ2) is 3.37. The number of nitrogens with zero attached hydrogens (tertiary/aromatic N) is 1. The first-order valence-electron chi connectivity index (χ1n) is 5.52. The lowest BCUT2D eigenvalue weighted by Crippen LogP contribution is -2.45. The van der Waals surface area contributed by atoms with Crippen molar-refractivity contribution in [3.05, 3.63) is 0 Å². The SMILES string of the molecule is CC(C)(C)OC(=O)N1CC2CC2[C@H]1C(=O)O. The number of hydrogen-bond acceptors (Lipinski definition) is 3. The van der Waals surface area contributed by atoms with Crippen LogP contribution in [0.5, 0.6) is 0 Å². The number of rotatable bonds is 1. The van der Waals surface area contributed by atoms with Crippen LogP contribution in [0.2, 0.25) is 0 Å². The molecule has 0 bridgehead atoms. The lowest BCUT2D eigenvalue weighted by Gasteiger charge is -2.28. The summed E-state index contributed by atoms with van der Waals surface area (Å²) in [7, 11) is 0. The Morgan fingerprint density at radius 1 is 1.38 bits per heavy atom. The fraction of sp³-hybridized carbons (Fsp3) is 0.818. The van der Waals surface area contributed by atoms with Crippen LogP contribution in [0.4, 0.5) is 4.79 Å². The Balaban J connectivity index is 2.04. The quantitative estimate of drug-likeness (QED) is 0.733. The number of piperidine rings is 1. The molecule has 0 aromatic carbocycles. The number of likely N-dealkylation sites (tertiary alicyclic amines) is 1. The van der Waals surface area contributed by atoms with Gasteiger partial charge in [0.15, 0.2) is 0 Å². The highest BCUT2D eigenvalue weighted by Crippen LogP contribution is 2.49. The van der Waals surface area contributed by atoms with Crippen LogP contribution in [-0.2, 0) is 9.53 Å². The highest BCUT2D eigenvalue weighted by molar-refractivity contribution is 5.82. The van der Waals surface area contributed by atoms with Gasteiger partial charge in [-0.25, -0.2) is 9.59 Å². The lowest BCUT2D eigenvalue weighted by atomic mass is 10.2. The molecule has 90 valence electrons. The summed E-state index contributed by atoms with van der Waals surface area (Å²) in [6.07, 6.45) is 0.420. The number of carbonyl (C=O) groups excluding carboxylic acids is 1. The van der Waals surface area contributed by atoms with E-state index in [-0.39, 0.29) is 5.92 Å². The molecule has 1 aliphatic carbocycles. The maximum absolute atomic E-state index is 11.8. The molecule has 1 saturated heterocycles. The van der Waals surface area contributed by atoms with Crippen LogP contribution < -0.4 is 0 Å². The summed E-state index contributed by atoms with van der Waals surface area (Å²) in [5.74, 6) is -0.408. The van der Waals surface area contributed by atoms with E-state index >= 15 is 0 Å². The molecule has 5 heteroatoms. The molecule has 1 N–H and O–H groups in total. The zero-order valence-corrected chi connectivity index (χ0v) is 9.77. The van der Waals surface area contributed by atoms with Gasteiger partial charge in [-0.1, -0.05) is 0 Å². The van der Waals surface area contributed by atoms with Crippen molar-refractivity contribution in [1.29, 1.82) is 0 Å². The van der Waals surface area contributed by atoms with E-state index < -0.39 is 23.7 Å². The van der Waals surface area contributed by atoms with E-state index in [1.807, 2.05) is 0 Å². The van der Waals surface area contributed by atoms with Crippen LogP contribution in [0.3, 0.4) is 0 Å². The summed E-state index contributed by atoms with van der Waals surface area (Å²) in [5, 5.41) is 9.08. The first-order valence-corrected chi connectivity index (χ1v) is 5.52. The van der Waals surface area contributed by atoms with Crippen LogP contribution >= 0.6 is 0 Å². The Morgan fingerprint density at radius 3 is 2.50 bits per heavy atom. The van der Waals surface area contributed by atoms with Crippen molar-refractivity contribution < 1.29 is 19.4 Å². The van der Waals surface area contributed by atoms with Gasteiger partial charge in [0.05, 0.1) is 0 Å². The monoisotopic (exact) mass is 227 g/mol. The van der Waals surface area contributed by atoms with E-state index in [1.54, 1.807) is 20.8 Å². The standard InChI is InChI=1S/C11H17NO4/c1-11(2,3)16-10(15)12-5-6-4-7(6)8(12)9(13)14/h6-8H,4-5H2,1-3H3,(H,13,14)/t6?,7?,8-/m0/s1. The zero-order chi connectivity index (χ0) is 12.1. The molecular weight excluding hydrogens is 210 g/mol. The Morgan fingerprint density at radius 2 is 2.00 bits per heavy atom. The Labute approximate surface area is 94.4 Å². The van der Waals surface area contributed by atoms with Gasteiger partial charge in [-0.05, 0) is 39.0 Å². The van der Waals surface area contributed by atoms with Crippen molar-refractivity contribution in [2.24, 2.45) is 11.8 Å². The van der Waals surface area contributed by atoms with Gasteiger partial charge in [-0.15, -0.1) is 0 Å². The predicted octanol–water partition coefficient (Wildman–Crippen LogP) is 1.33. The summed E-state index contributed by atoms with van der Waals surface area (Å²) in [4.78, 5) is 24.2. The van der Waals surface area contributed by atoms with Gasteiger partial charge in [-0.2, -0.15) is 0 Å². The third-order valence-electron chi connectivity index (χ3n) is 3.03. The molecule has 16 heavy (non-hydrogen) atoms. The van der Waals surface area contributed by atoms with Gasteiger partial charge in [-0.3, -0.25) is 4.90 Å². The maximum atomic E-state index is 11.8. The lowest BCUT2D eigenvalue weighted by molar-refractivity contribution is -0.142. The van der Waals surface area contributed by atoms with Gasteiger partial charge in [0.25, 0.3) is 0 Å². The fourth-order valence-corrected chi connectivity index (χ4v) is 2.29. The number of hydrogen-bond donors (Lipinski definition) is 1. The van der Waals surface area contributed by atoms with Crippen molar-refractivity contribution in [3.8, 4) is 0 Å². The summed E-state index contributed by atoms with van der Waals surface area (Å²) in [6.45, 7) is 5.85. The number of amides is 1. The number of carboxylic acids is 1. The van der Waals surface area contributed by atoms with Crippen LogP contribution in [0, 0.1) is 11.8 Å². The van der Waals surface area contributed by atoms with Gasteiger partial charge in [0.1, 0.15) is 11.6 Å². The average Bonchev–Trinajstić information content (AvgIpc) is 2.73. The van der Waals surface area contributed by atoms with E-state index in [9.17, 15) is 9.59 Å². The van der Waals surface area contributed by atoms with E-state index in [0.29, 0.717) is 12.5 Å². The van der Waals surface area contributed by atoms with Crippen molar-refractivity contribution in [2.75, 3.05) is 6.54 Å². The predicted molar refractivity (Wildman–Crippen MR) is 56.0 cm³/mol. The molecule has 2 fully saturated rings. The molecule has 1 saturated carbocycles. The number of fused-ring (bicyclic) bond motifs is 1. The smallest absolute Gasteiger partial charge is 0.411 e. The third-order valence-corrected chi connectivity index (χ3v) is 3.03. The Hall–Kier alpha value is -1.26. The highest BCUT2D eigenvalue weighted by atomic mass is 16.6. The number of aliphatic carboxylic acids is 1. The molecule has 3 atom stereocenters. The largest absolute Gasteiger partial charge is 0.480 e. The molecule has 0 aromatic rings. The average molecular weight is 227 g/mol. The van der Waals surface area contributed by atoms with Crippen LogP contribution in [0.1, 0.15) is 27.2 Å². The second-order valence-corrected chi connectivity index (χ2v) is 5.58. The van der Waals surface area contributed by atoms with E-state index in [0.717, 1.165) is 6.42 Å². The van der Waals surface area contributed by atoms with E-state index in [1.165, 1.54) is 4.90 Å². The minimum atomic E-state index is -0.921. The van der Waals surface area contributed by atoms with Crippen LogP contribution in [0.25, 0.3) is 0 Å². The van der Waals surface area contributed by atoms with E-state index in [4.69, 9.17) is 9.84 Å². The van der Waals surface area contributed by atoms with Gasteiger partial charge >= 0.3 is 12.1 Å². The molecule has 2 unspecified atom stereocenters. The van der Waals surface area contributed by atoms with Crippen LogP contribution in [0.15, 0.2) is 0 Å². The first kappa shape index (κ1) is 11.2. The van der Waals surface area contributed by atoms with Crippen molar-refractivity contribution in [1.82, 2.24) is 4.90 Å². The van der Waals surface area contributed by atoms with Gasteiger partial charge in [0, 0.05) is 6.54 Å². The summed E-state index contributed by atoms with van der Waals surface area (Å²) < 4.78 is 5.19. The molecule has 0 radical (unpaired) electrons. The van der Waals surface area contributed by atoms with Crippen LogP contribution in [-0.4, -0.2) is 40.3 Å². The van der Waals surface area contributed by atoms with Crippen molar-refractivity contribution in [2.45, 2.75) is 38.8 Å². The van der Waals surface area contributed by atoms with Gasteiger partial charge < -0.3 is 9.84 Å². The summed E-state index contributed by atoms with van der Waals surface area (Å²) >= 11 is 0. The number of carboxylic acid groups (broad SMARTS) is 1. The highest BCUT2D eigenvalue weighted by Gasteiger charge is 2.57. The first-order chi connectivity index (χ1) is 7.29. The van der Waals surface area contributed by atoms with Crippen molar-refractivity contribution >= 4 is 12.1 Å². The third kappa shape index (κ3) is 1.99. The molecule has 2 rings (SSSR count). The minimum Gasteiger partial charge on any atom is -0.480 e. The number of ether oxygens (including phenoxy) is 1. The van der Waals surface area contributed by atoms with E-state index in [2.05, 4.69) is 0 Å². The summed E-state index contributed by atoms with van der Waals surface area (Å²) in [5.41, 5.74) is -0.576. The molecule has 1 aliphatic heterocycles. The molecule has 2 aliphatic rings. The number of carbonyl (C=O) groups is 2. The molecule has 1 heterocycles. The zero-order valence-electron chi connectivity index (χ0n) is 9.77. The fourth-order valence-electron chi connectivity index (χ4n) is 2.29. The normalized spacial score (nSPS) is 32.2. The molecular formula is C11H17NO4. The molecule has 0 spiro atoms. The second-order valence-electron chi connectivity index (χ2n) is 5.58. The molecule has 5 nitrogen and oxygen atoms in total. The molecule has 1 amide bonds. The Kier molecular flexibility index (Phi) is 2.36. The van der Waals surface area contributed by atoms with Crippen molar-refractivity contribution in [3.63, 3.8) is 0 Å². The maximum Gasteiger partial charge on any atom is 0.411 e. The topological polar surface area (TPSA) is 66.8 Å². The minimum absolute atomic E-state index is 0.144. The van der Waals surface area contributed by atoms with Gasteiger partial charge in [0.2, 0.25) is 0 Å². The summed E-state index contributed by atoms with van der Waals surface area (Å²) in [6, 6.07) is -0.681. The molecule has 0 aromatic heterocycles.